The highest BCUT2D eigenvalue weighted by Crippen LogP contribution is 2.25. The number of halogens is 1. The third-order valence-corrected chi connectivity index (χ3v) is 6.34. The Hall–Kier alpha value is -3.21. The molecule has 0 aliphatic rings. The summed E-state index contributed by atoms with van der Waals surface area (Å²) in [6.45, 7) is 0. The van der Waals surface area contributed by atoms with Crippen LogP contribution in [0.2, 0.25) is 0 Å². The summed E-state index contributed by atoms with van der Waals surface area (Å²) in [6.07, 6.45) is 0. The number of hydrogen-bond acceptors (Lipinski definition) is 6. The highest BCUT2D eigenvalue weighted by atomic mass is 32.2. The molecular formula is C20H15FN4O3S2. The van der Waals surface area contributed by atoms with Gasteiger partial charge in [-0.1, -0.05) is 48.5 Å². The van der Waals surface area contributed by atoms with Crippen LogP contribution in [0, 0.1) is 5.82 Å². The lowest BCUT2D eigenvalue weighted by Crippen LogP contribution is -2.37. The predicted octanol–water partition coefficient (Wildman–Crippen LogP) is 3.49. The van der Waals surface area contributed by atoms with Crippen LogP contribution < -0.4 is 10.0 Å². The molecule has 3 aromatic carbocycles. The SMILES string of the molecule is O=C(Nc1ccccc1F)C(NS(=O)(=O)c1cccc2nsnc12)c1ccccc1. The molecule has 1 atom stereocenters. The van der Waals surface area contributed by atoms with Crippen LogP contribution in [-0.4, -0.2) is 23.1 Å². The summed E-state index contributed by atoms with van der Waals surface area (Å²) < 4.78 is 50.8. The van der Waals surface area contributed by atoms with Gasteiger partial charge in [-0.25, -0.2) is 12.8 Å². The van der Waals surface area contributed by atoms with Gasteiger partial charge in [0.05, 0.1) is 17.4 Å². The lowest BCUT2D eigenvalue weighted by atomic mass is 10.1. The van der Waals surface area contributed by atoms with E-state index in [9.17, 15) is 17.6 Å². The molecule has 1 unspecified atom stereocenters. The Labute approximate surface area is 176 Å². The van der Waals surface area contributed by atoms with Gasteiger partial charge in [0.15, 0.2) is 0 Å². The summed E-state index contributed by atoms with van der Waals surface area (Å²) in [4.78, 5) is 12.9. The number of carbonyl (C=O) groups is 1. The molecule has 2 N–H and O–H groups in total. The van der Waals surface area contributed by atoms with Crippen molar-refractivity contribution in [1.29, 1.82) is 0 Å². The van der Waals surface area contributed by atoms with Crippen LogP contribution in [0.15, 0.2) is 77.7 Å². The number of para-hydroxylation sites is 1. The number of benzene rings is 3. The first-order valence-electron chi connectivity index (χ1n) is 8.80. The van der Waals surface area contributed by atoms with Gasteiger partial charge >= 0.3 is 0 Å². The number of fused-ring (bicyclic) bond motifs is 1. The van der Waals surface area contributed by atoms with Crippen LogP contribution in [0.25, 0.3) is 11.0 Å². The van der Waals surface area contributed by atoms with E-state index < -0.39 is 27.8 Å². The molecule has 1 aromatic heterocycles. The van der Waals surface area contributed by atoms with E-state index in [2.05, 4.69) is 18.8 Å². The summed E-state index contributed by atoms with van der Waals surface area (Å²) in [6, 6.07) is 17.3. The second kappa shape index (κ2) is 8.27. The van der Waals surface area contributed by atoms with E-state index >= 15 is 0 Å². The largest absolute Gasteiger partial charge is 0.322 e. The summed E-state index contributed by atoms with van der Waals surface area (Å²) in [5, 5.41) is 2.45. The molecule has 0 bridgehead atoms. The van der Waals surface area contributed by atoms with Crippen molar-refractivity contribution in [2.75, 3.05) is 5.32 Å². The monoisotopic (exact) mass is 442 g/mol. The number of aromatic nitrogens is 2. The summed E-state index contributed by atoms with van der Waals surface area (Å²) in [5.41, 5.74) is 1.01. The van der Waals surface area contributed by atoms with Gasteiger partial charge in [-0.2, -0.15) is 13.5 Å². The number of nitrogens with zero attached hydrogens (tertiary/aromatic N) is 2. The maximum Gasteiger partial charge on any atom is 0.247 e. The lowest BCUT2D eigenvalue weighted by Gasteiger charge is -2.19. The van der Waals surface area contributed by atoms with Crippen LogP contribution in [0.3, 0.4) is 0 Å². The Morgan fingerprint density at radius 3 is 2.43 bits per heavy atom. The van der Waals surface area contributed by atoms with Crippen molar-refractivity contribution >= 4 is 44.4 Å². The standard InChI is InChI=1S/C20H15FN4O3S2/c21-14-9-4-5-10-15(14)22-20(26)18(13-7-2-1-3-8-13)25-30(27,28)17-12-6-11-16-19(17)24-29-23-16/h1-12,18,25H,(H,22,26). The number of hydrogen-bond donors (Lipinski definition) is 2. The van der Waals surface area contributed by atoms with E-state index in [0.29, 0.717) is 11.1 Å². The smallest absolute Gasteiger partial charge is 0.247 e. The fourth-order valence-corrected chi connectivity index (χ4v) is 4.85. The Kier molecular flexibility index (Phi) is 5.53. The second-order valence-corrected chi connectivity index (χ2v) is 8.53. The van der Waals surface area contributed by atoms with Gasteiger partial charge in [0.1, 0.15) is 27.8 Å². The Bertz CT molecular complexity index is 1310. The third kappa shape index (κ3) is 4.06. The van der Waals surface area contributed by atoms with Crippen molar-refractivity contribution in [3.05, 3.63) is 84.2 Å². The quantitative estimate of drug-likeness (QED) is 0.476. The fraction of sp³-hybridized carbons (Fsp3) is 0.0500. The number of anilines is 1. The van der Waals surface area contributed by atoms with Crippen molar-refractivity contribution < 1.29 is 17.6 Å². The van der Waals surface area contributed by atoms with Gasteiger partial charge in [-0.15, -0.1) is 0 Å². The van der Waals surface area contributed by atoms with Crippen molar-refractivity contribution in [3.8, 4) is 0 Å². The Balaban J connectivity index is 1.71. The predicted molar refractivity (Wildman–Crippen MR) is 112 cm³/mol. The number of amides is 1. The molecule has 152 valence electrons. The molecular weight excluding hydrogens is 427 g/mol. The highest BCUT2D eigenvalue weighted by Gasteiger charge is 2.29. The van der Waals surface area contributed by atoms with Crippen molar-refractivity contribution in [2.24, 2.45) is 0 Å². The zero-order chi connectivity index (χ0) is 21.1. The van der Waals surface area contributed by atoms with Gasteiger partial charge < -0.3 is 5.32 Å². The van der Waals surface area contributed by atoms with Gasteiger partial charge in [0, 0.05) is 0 Å². The first-order valence-corrected chi connectivity index (χ1v) is 11.0. The summed E-state index contributed by atoms with van der Waals surface area (Å²) >= 11 is 0.895. The van der Waals surface area contributed by atoms with E-state index in [-0.39, 0.29) is 16.1 Å². The van der Waals surface area contributed by atoms with Crippen LogP contribution in [-0.2, 0) is 14.8 Å². The lowest BCUT2D eigenvalue weighted by molar-refractivity contribution is -0.117. The molecule has 1 heterocycles. The minimum Gasteiger partial charge on any atom is -0.322 e. The molecule has 1 amide bonds. The van der Waals surface area contributed by atoms with Crippen molar-refractivity contribution in [1.82, 2.24) is 13.5 Å². The number of carbonyl (C=O) groups excluding carboxylic acids is 1. The minimum atomic E-state index is -4.15. The van der Waals surface area contributed by atoms with Crippen LogP contribution >= 0.6 is 11.7 Å². The zero-order valence-electron chi connectivity index (χ0n) is 15.3. The molecule has 0 radical (unpaired) electrons. The third-order valence-electron chi connectivity index (χ3n) is 4.34. The first-order chi connectivity index (χ1) is 14.5. The normalized spacial score (nSPS) is 12.6. The molecule has 10 heteroatoms. The van der Waals surface area contributed by atoms with Crippen molar-refractivity contribution in [2.45, 2.75) is 10.9 Å². The molecule has 0 saturated carbocycles. The Morgan fingerprint density at radius 1 is 0.933 bits per heavy atom. The molecule has 0 aliphatic carbocycles. The Morgan fingerprint density at radius 2 is 1.67 bits per heavy atom. The average Bonchev–Trinajstić information content (AvgIpc) is 3.23. The summed E-state index contributed by atoms with van der Waals surface area (Å²) in [7, 11) is -4.15. The van der Waals surface area contributed by atoms with Gasteiger partial charge in [-0.3, -0.25) is 4.79 Å². The molecule has 7 nitrogen and oxygen atoms in total. The minimum absolute atomic E-state index is 0.0477. The van der Waals surface area contributed by atoms with Crippen LogP contribution in [0.1, 0.15) is 11.6 Å². The maximum atomic E-state index is 14.0. The van der Waals surface area contributed by atoms with E-state index in [4.69, 9.17) is 0 Å². The van der Waals surface area contributed by atoms with E-state index in [1.807, 2.05) is 0 Å². The molecule has 30 heavy (non-hydrogen) atoms. The molecule has 4 rings (SSSR count). The van der Waals surface area contributed by atoms with E-state index in [1.54, 1.807) is 48.5 Å². The van der Waals surface area contributed by atoms with E-state index in [0.717, 1.165) is 11.7 Å². The van der Waals surface area contributed by atoms with Gasteiger partial charge in [-0.05, 0) is 29.8 Å². The zero-order valence-corrected chi connectivity index (χ0v) is 17.0. The van der Waals surface area contributed by atoms with Crippen LogP contribution in [0.5, 0.6) is 0 Å². The molecule has 0 saturated heterocycles. The van der Waals surface area contributed by atoms with Gasteiger partial charge in [0.2, 0.25) is 15.9 Å². The maximum absolute atomic E-state index is 14.0. The number of nitrogens with one attached hydrogen (secondary N) is 2. The number of rotatable bonds is 6. The molecule has 0 spiro atoms. The van der Waals surface area contributed by atoms with Crippen LogP contribution in [0.4, 0.5) is 10.1 Å². The average molecular weight is 442 g/mol. The summed E-state index contributed by atoms with van der Waals surface area (Å²) in [5.74, 6) is -1.35. The molecule has 4 aromatic rings. The first kappa shape index (κ1) is 20.1. The fourth-order valence-electron chi connectivity index (χ4n) is 2.90. The van der Waals surface area contributed by atoms with Gasteiger partial charge in [0.25, 0.3) is 0 Å². The topological polar surface area (TPSA) is 101 Å². The van der Waals surface area contributed by atoms with E-state index in [1.165, 1.54) is 24.3 Å². The second-order valence-electron chi connectivity index (χ2n) is 6.32. The number of sulfonamides is 1. The highest BCUT2D eigenvalue weighted by molar-refractivity contribution is 7.89. The molecule has 0 fully saturated rings. The van der Waals surface area contributed by atoms with Crippen molar-refractivity contribution in [3.63, 3.8) is 0 Å². The molecule has 0 aliphatic heterocycles.